The molecule has 2 unspecified atom stereocenters. The first-order valence-corrected chi connectivity index (χ1v) is 8.71. The van der Waals surface area contributed by atoms with Crippen molar-refractivity contribution in [1.82, 2.24) is 10.2 Å². The van der Waals surface area contributed by atoms with Crippen LogP contribution in [0.4, 0.5) is 0 Å². The molecular formula is C13H22N2O3S. The van der Waals surface area contributed by atoms with E-state index in [1.807, 2.05) is 0 Å². The molecule has 1 aliphatic heterocycles. The molecule has 1 heterocycles. The van der Waals surface area contributed by atoms with Gasteiger partial charge in [-0.15, -0.1) is 0 Å². The SMILES string of the molecule is CS(=O)CCNC1CC(=O)N(C2CCCCC2)C1=O. The first-order chi connectivity index (χ1) is 9.09. The average molecular weight is 286 g/mol. The van der Waals surface area contributed by atoms with Crippen LogP contribution < -0.4 is 5.32 Å². The molecule has 1 saturated heterocycles. The highest BCUT2D eigenvalue weighted by atomic mass is 32.2. The maximum absolute atomic E-state index is 12.3. The Morgan fingerprint density at radius 3 is 2.58 bits per heavy atom. The van der Waals surface area contributed by atoms with E-state index in [9.17, 15) is 13.8 Å². The minimum atomic E-state index is -0.871. The van der Waals surface area contributed by atoms with E-state index < -0.39 is 16.8 Å². The van der Waals surface area contributed by atoms with Crippen LogP contribution in [0, 0.1) is 0 Å². The molecule has 1 N–H and O–H groups in total. The highest BCUT2D eigenvalue weighted by molar-refractivity contribution is 7.84. The summed E-state index contributed by atoms with van der Waals surface area (Å²) in [5, 5.41) is 3.06. The van der Waals surface area contributed by atoms with Crippen molar-refractivity contribution in [1.29, 1.82) is 0 Å². The van der Waals surface area contributed by atoms with Crippen molar-refractivity contribution in [3.8, 4) is 0 Å². The van der Waals surface area contributed by atoms with Crippen molar-refractivity contribution in [3.63, 3.8) is 0 Å². The Balaban J connectivity index is 1.90. The molecule has 1 aliphatic carbocycles. The first kappa shape index (κ1) is 14.7. The van der Waals surface area contributed by atoms with Crippen LogP contribution in [0.2, 0.25) is 0 Å². The van der Waals surface area contributed by atoms with Crippen LogP contribution in [0.1, 0.15) is 38.5 Å². The van der Waals surface area contributed by atoms with Gasteiger partial charge in [-0.2, -0.15) is 0 Å². The molecular weight excluding hydrogens is 264 g/mol. The van der Waals surface area contributed by atoms with E-state index in [1.54, 1.807) is 6.26 Å². The number of likely N-dealkylation sites (tertiary alicyclic amines) is 1. The molecule has 0 bridgehead atoms. The number of carbonyl (C=O) groups is 2. The number of nitrogens with one attached hydrogen (secondary N) is 1. The van der Waals surface area contributed by atoms with Crippen molar-refractivity contribution in [2.45, 2.75) is 50.6 Å². The zero-order valence-corrected chi connectivity index (χ0v) is 12.2. The predicted octanol–water partition coefficient (Wildman–Crippen LogP) is 0.415. The maximum Gasteiger partial charge on any atom is 0.247 e. The van der Waals surface area contributed by atoms with E-state index >= 15 is 0 Å². The van der Waals surface area contributed by atoms with Crippen molar-refractivity contribution in [2.75, 3.05) is 18.6 Å². The zero-order chi connectivity index (χ0) is 13.8. The second kappa shape index (κ2) is 6.61. The standard InChI is InChI=1S/C13H22N2O3S/c1-19(18)8-7-14-11-9-12(16)15(13(11)17)10-5-3-2-4-6-10/h10-11,14H,2-9H2,1H3. The summed E-state index contributed by atoms with van der Waals surface area (Å²) >= 11 is 0. The molecule has 0 aromatic heterocycles. The van der Waals surface area contributed by atoms with E-state index in [4.69, 9.17) is 0 Å². The third-order valence-electron chi connectivity index (χ3n) is 3.90. The minimum Gasteiger partial charge on any atom is -0.305 e. The van der Waals surface area contributed by atoms with Crippen LogP contribution in [0.3, 0.4) is 0 Å². The minimum absolute atomic E-state index is 0.0491. The Labute approximate surface area is 116 Å². The van der Waals surface area contributed by atoms with Crippen LogP contribution in [-0.4, -0.2) is 51.6 Å². The van der Waals surface area contributed by atoms with Crippen LogP contribution in [0.5, 0.6) is 0 Å². The number of nitrogens with zero attached hydrogens (tertiary/aromatic N) is 1. The number of carbonyl (C=O) groups excluding carboxylic acids is 2. The Kier molecular flexibility index (Phi) is 5.10. The fraction of sp³-hybridized carbons (Fsp3) is 0.846. The Hall–Kier alpha value is -0.750. The number of hydrogen-bond acceptors (Lipinski definition) is 4. The van der Waals surface area contributed by atoms with Gasteiger partial charge in [-0.3, -0.25) is 18.7 Å². The Morgan fingerprint density at radius 2 is 1.95 bits per heavy atom. The van der Waals surface area contributed by atoms with Gasteiger partial charge in [0.05, 0.1) is 12.5 Å². The molecule has 0 radical (unpaired) electrons. The molecule has 2 aliphatic rings. The molecule has 1 saturated carbocycles. The molecule has 0 spiro atoms. The molecule has 108 valence electrons. The van der Waals surface area contributed by atoms with Gasteiger partial charge in [-0.1, -0.05) is 19.3 Å². The second-order valence-electron chi connectivity index (χ2n) is 5.38. The summed E-state index contributed by atoms with van der Waals surface area (Å²) in [7, 11) is -0.871. The normalized spacial score (nSPS) is 27.0. The van der Waals surface area contributed by atoms with Gasteiger partial charge in [0.2, 0.25) is 11.8 Å². The summed E-state index contributed by atoms with van der Waals surface area (Å²) in [5.74, 6) is 0.382. The number of amides is 2. The highest BCUT2D eigenvalue weighted by Crippen LogP contribution is 2.27. The largest absolute Gasteiger partial charge is 0.305 e. The van der Waals surface area contributed by atoms with E-state index in [0.29, 0.717) is 12.3 Å². The average Bonchev–Trinajstić information content (AvgIpc) is 2.65. The molecule has 0 aromatic carbocycles. The predicted molar refractivity (Wildman–Crippen MR) is 74.1 cm³/mol. The second-order valence-corrected chi connectivity index (χ2v) is 6.94. The fourth-order valence-corrected chi connectivity index (χ4v) is 3.32. The number of hydrogen-bond donors (Lipinski definition) is 1. The van der Waals surface area contributed by atoms with Gasteiger partial charge >= 0.3 is 0 Å². The lowest BCUT2D eigenvalue weighted by Crippen LogP contribution is -2.45. The summed E-state index contributed by atoms with van der Waals surface area (Å²) in [4.78, 5) is 25.7. The molecule has 6 heteroatoms. The van der Waals surface area contributed by atoms with Crippen LogP contribution >= 0.6 is 0 Å². The molecule has 2 atom stereocenters. The van der Waals surface area contributed by atoms with Crippen LogP contribution in [0.15, 0.2) is 0 Å². The molecule has 2 amide bonds. The number of rotatable bonds is 5. The smallest absolute Gasteiger partial charge is 0.247 e. The van der Waals surface area contributed by atoms with Gasteiger partial charge in [0.25, 0.3) is 0 Å². The Morgan fingerprint density at radius 1 is 1.26 bits per heavy atom. The summed E-state index contributed by atoms with van der Waals surface area (Å²) in [6, 6.07) is -0.293. The van der Waals surface area contributed by atoms with Crippen molar-refractivity contribution < 1.29 is 13.8 Å². The molecule has 0 aromatic rings. The lowest BCUT2D eigenvalue weighted by atomic mass is 9.94. The van der Waals surface area contributed by atoms with E-state index in [1.165, 1.54) is 11.3 Å². The van der Waals surface area contributed by atoms with E-state index in [0.717, 1.165) is 25.7 Å². The molecule has 2 rings (SSSR count). The van der Waals surface area contributed by atoms with E-state index in [-0.39, 0.29) is 24.3 Å². The topological polar surface area (TPSA) is 66.5 Å². The van der Waals surface area contributed by atoms with Gasteiger partial charge in [0.15, 0.2) is 0 Å². The summed E-state index contributed by atoms with van der Waals surface area (Å²) < 4.78 is 11.0. The highest BCUT2D eigenvalue weighted by Gasteiger charge is 2.42. The number of imide groups is 1. The fourth-order valence-electron chi connectivity index (χ4n) is 2.91. The van der Waals surface area contributed by atoms with Gasteiger partial charge in [-0.25, -0.2) is 0 Å². The zero-order valence-electron chi connectivity index (χ0n) is 11.4. The van der Waals surface area contributed by atoms with E-state index in [2.05, 4.69) is 5.32 Å². The van der Waals surface area contributed by atoms with Crippen LogP contribution in [0.25, 0.3) is 0 Å². The van der Waals surface area contributed by atoms with Gasteiger partial charge in [0.1, 0.15) is 0 Å². The van der Waals surface area contributed by atoms with Gasteiger partial charge < -0.3 is 5.32 Å². The van der Waals surface area contributed by atoms with Crippen molar-refractivity contribution in [2.24, 2.45) is 0 Å². The molecule has 2 fully saturated rings. The van der Waals surface area contributed by atoms with Crippen molar-refractivity contribution in [3.05, 3.63) is 0 Å². The quantitative estimate of drug-likeness (QED) is 0.744. The Bertz CT molecular complexity index is 380. The third kappa shape index (κ3) is 3.63. The summed E-state index contributed by atoms with van der Waals surface area (Å²) in [6.07, 6.45) is 7.20. The lowest BCUT2D eigenvalue weighted by molar-refractivity contribution is -0.142. The monoisotopic (exact) mass is 286 g/mol. The van der Waals surface area contributed by atoms with Gasteiger partial charge in [0, 0.05) is 35.4 Å². The van der Waals surface area contributed by atoms with Crippen LogP contribution in [-0.2, 0) is 20.4 Å². The summed E-state index contributed by atoms with van der Waals surface area (Å²) in [6.45, 7) is 0.519. The third-order valence-corrected chi connectivity index (χ3v) is 4.68. The lowest BCUT2D eigenvalue weighted by Gasteiger charge is -2.29. The molecule has 5 nitrogen and oxygen atoms in total. The first-order valence-electron chi connectivity index (χ1n) is 6.99. The van der Waals surface area contributed by atoms with Crippen molar-refractivity contribution >= 4 is 22.6 Å². The van der Waals surface area contributed by atoms with Gasteiger partial charge in [-0.05, 0) is 12.8 Å². The molecule has 19 heavy (non-hydrogen) atoms. The summed E-state index contributed by atoms with van der Waals surface area (Å²) in [5.41, 5.74) is 0. The maximum atomic E-state index is 12.3.